The summed E-state index contributed by atoms with van der Waals surface area (Å²) in [6.07, 6.45) is 0. The number of carbonyl (C=O) groups is 2. The molecule has 122 valence electrons. The van der Waals surface area contributed by atoms with Crippen LogP contribution in [0.4, 0.5) is 0 Å². The van der Waals surface area contributed by atoms with E-state index in [1.54, 1.807) is 26.2 Å². The molecule has 0 spiro atoms. The monoisotopic (exact) mass is 396 g/mol. The molecule has 0 aliphatic carbocycles. The van der Waals surface area contributed by atoms with E-state index in [0.717, 1.165) is 15.1 Å². The van der Waals surface area contributed by atoms with Crippen LogP contribution in [0.25, 0.3) is 0 Å². The Morgan fingerprint density at radius 1 is 1.30 bits per heavy atom. The van der Waals surface area contributed by atoms with Crippen molar-refractivity contribution in [3.05, 3.63) is 50.6 Å². The number of nitrogens with one attached hydrogen (secondary N) is 2. The van der Waals surface area contributed by atoms with Gasteiger partial charge in [0.2, 0.25) is 5.91 Å². The van der Waals surface area contributed by atoms with Crippen LogP contribution in [0.15, 0.2) is 40.2 Å². The molecule has 0 aliphatic heterocycles. The van der Waals surface area contributed by atoms with Crippen LogP contribution in [0, 0.1) is 0 Å². The van der Waals surface area contributed by atoms with E-state index in [2.05, 4.69) is 26.6 Å². The topological polar surface area (TPSA) is 67.4 Å². The molecule has 1 aromatic carbocycles. The maximum atomic E-state index is 12.1. The number of methoxy groups -OCH3 is 1. The molecule has 7 heteroatoms. The van der Waals surface area contributed by atoms with Crippen molar-refractivity contribution in [2.45, 2.75) is 19.5 Å². The van der Waals surface area contributed by atoms with E-state index < -0.39 is 6.04 Å². The molecule has 2 N–H and O–H groups in total. The maximum Gasteiger partial charge on any atom is 0.262 e. The van der Waals surface area contributed by atoms with Crippen molar-refractivity contribution < 1.29 is 14.3 Å². The maximum absolute atomic E-state index is 12.1. The number of hydrogen-bond acceptors (Lipinski definition) is 4. The summed E-state index contributed by atoms with van der Waals surface area (Å²) >= 11 is 4.63. The summed E-state index contributed by atoms with van der Waals surface area (Å²) in [6.45, 7) is 2.03. The van der Waals surface area contributed by atoms with Crippen molar-refractivity contribution in [2.75, 3.05) is 7.11 Å². The Hall–Kier alpha value is -1.86. The Labute approximate surface area is 147 Å². The van der Waals surface area contributed by atoms with E-state index in [1.165, 1.54) is 11.3 Å². The van der Waals surface area contributed by atoms with Crippen LogP contribution in [-0.4, -0.2) is 25.0 Å². The van der Waals surface area contributed by atoms with Crippen LogP contribution in [0.1, 0.15) is 22.2 Å². The number of amides is 2. The molecular weight excluding hydrogens is 380 g/mol. The van der Waals surface area contributed by atoms with Crippen molar-refractivity contribution in [3.8, 4) is 5.75 Å². The number of halogens is 1. The Morgan fingerprint density at radius 2 is 2.09 bits per heavy atom. The second-order valence-electron chi connectivity index (χ2n) is 4.87. The van der Waals surface area contributed by atoms with Crippen LogP contribution >= 0.6 is 27.3 Å². The fourth-order valence-electron chi connectivity index (χ4n) is 1.89. The lowest BCUT2D eigenvalue weighted by Gasteiger charge is -2.14. The van der Waals surface area contributed by atoms with Gasteiger partial charge in [0.1, 0.15) is 11.8 Å². The second kappa shape index (κ2) is 8.12. The van der Waals surface area contributed by atoms with E-state index in [-0.39, 0.29) is 11.8 Å². The molecule has 0 bridgehead atoms. The molecule has 0 saturated carbocycles. The van der Waals surface area contributed by atoms with Gasteiger partial charge in [-0.1, -0.05) is 12.1 Å². The number of hydrogen-bond donors (Lipinski definition) is 2. The highest BCUT2D eigenvalue weighted by Gasteiger charge is 2.17. The molecule has 0 unspecified atom stereocenters. The van der Waals surface area contributed by atoms with Gasteiger partial charge in [-0.25, -0.2) is 0 Å². The predicted molar refractivity (Wildman–Crippen MR) is 93.8 cm³/mol. The molecular formula is C16H17BrN2O3S. The molecule has 1 aromatic heterocycles. The molecule has 1 heterocycles. The number of ether oxygens (including phenoxy) is 1. The standard InChI is InChI=1S/C16H17BrN2O3S/c1-10(19-16(21)13-6-7-14(17)23-13)15(20)18-9-11-4-3-5-12(8-11)22-2/h3-8,10H,9H2,1-2H3,(H,18,20)(H,19,21)/t10-/m1/s1. The van der Waals surface area contributed by atoms with Crippen LogP contribution in [-0.2, 0) is 11.3 Å². The van der Waals surface area contributed by atoms with Gasteiger partial charge in [0.05, 0.1) is 15.8 Å². The van der Waals surface area contributed by atoms with Gasteiger partial charge >= 0.3 is 0 Å². The SMILES string of the molecule is COc1cccc(CNC(=O)[C@@H](C)NC(=O)c2ccc(Br)s2)c1. The minimum absolute atomic E-state index is 0.239. The summed E-state index contributed by atoms with van der Waals surface area (Å²) in [5, 5.41) is 5.48. The third-order valence-corrected chi connectivity index (χ3v) is 4.76. The van der Waals surface area contributed by atoms with Crippen molar-refractivity contribution in [1.29, 1.82) is 0 Å². The van der Waals surface area contributed by atoms with Crippen LogP contribution in [0.2, 0.25) is 0 Å². The molecule has 0 fully saturated rings. The third kappa shape index (κ3) is 5.07. The first kappa shape index (κ1) is 17.5. The van der Waals surface area contributed by atoms with E-state index in [0.29, 0.717) is 11.4 Å². The van der Waals surface area contributed by atoms with Gasteiger partial charge in [-0.05, 0) is 52.7 Å². The number of thiophene rings is 1. The highest BCUT2D eigenvalue weighted by molar-refractivity contribution is 9.11. The van der Waals surface area contributed by atoms with E-state index in [1.807, 2.05) is 24.3 Å². The van der Waals surface area contributed by atoms with Gasteiger partial charge in [-0.15, -0.1) is 11.3 Å². The summed E-state index contributed by atoms with van der Waals surface area (Å²) in [7, 11) is 1.60. The van der Waals surface area contributed by atoms with Gasteiger partial charge in [0.25, 0.3) is 5.91 Å². The molecule has 0 radical (unpaired) electrons. The molecule has 0 aliphatic rings. The number of carbonyl (C=O) groups excluding carboxylic acids is 2. The number of rotatable bonds is 6. The first-order chi connectivity index (χ1) is 11.0. The average molecular weight is 397 g/mol. The minimum atomic E-state index is -0.617. The third-order valence-electron chi connectivity index (χ3n) is 3.14. The quantitative estimate of drug-likeness (QED) is 0.788. The first-order valence-corrected chi connectivity index (χ1v) is 8.57. The zero-order valence-electron chi connectivity index (χ0n) is 12.8. The van der Waals surface area contributed by atoms with E-state index >= 15 is 0 Å². The average Bonchev–Trinajstić information content (AvgIpc) is 2.99. The number of benzene rings is 1. The Kier molecular flexibility index (Phi) is 6.18. The molecule has 23 heavy (non-hydrogen) atoms. The summed E-state index contributed by atoms with van der Waals surface area (Å²) in [5.41, 5.74) is 0.929. The molecule has 2 rings (SSSR count). The van der Waals surface area contributed by atoms with Crippen molar-refractivity contribution in [1.82, 2.24) is 10.6 Å². The van der Waals surface area contributed by atoms with Gasteiger partial charge < -0.3 is 15.4 Å². The fraction of sp³-hybridized carbons (Fsp3) is 0.250. The smallest absolute Gasteiger partial charge is 0.262 e. The highest BCUT2D eigenvalue weighted by atomic mass is 79.9. The molecule has 2 aromatic rings. The minimum Gasteiger partial charge on any atom is -0.497 e. The normalized spacial score (nSPS) is 11.6. The molecule has 0 saturated heterocycles. The molecule has 1 atom stereocenters. The highest BCUT2D eigenvalue weighted by Crippen LogP contribution is 2.21. The largest absolute Gasteiger partial charge is 0.497 e. The van der Waals surface area contributed by atoms with Crippen LogP contribution in [0.3, 0.4) is 0 Å². The second-order valence-corrected chi connectivity index (χ2v) is 7.33. The zero-order chi connectivity index (χ0) is 16.8. The van der Waals surface area contributed by atoms with Crippen LogP contribution < -0.4 is 15.4 Å². The Bertz CT molecular complexity index is 702. The van der Waals surface area contributed by atoms with Gasteiger partial charge in [0, 0.05) is 6.54 Å². The predicted octanol–water partition coefficient (Wildman–Crippen LogP) is 2.95. The summed E-state index contributed by atoms with van der Waals surface area (Å²) < 4.78 is 6.01. The Balaban J connectivity index is 1.86. The van der Waals surface area contributed by atoms with E-state index in [4.69, 9.17) is 4.74 Å². The zero-order valence-corrected chi connectivity index (χ0v) is 15.2. The lowest BCUT2D eigenvalue weighted by Crippen LogP contribution is -2.44. The lowest BCUT2D eigenvalue weighted by molar-refractivity contribution is -0.122. The van der Waals surface area contributed by atoms with E-state index in [9.17, 15) is 9.59 Å². The van der Waals surface area contributed by atoms with Gasteiger partial charge in [-0.3, -0.25) is 9.59 Å². The van der Waals surface area contributed by atoms with Crippen LogP contribution in [0.5, 0.6) is 5.75 Å². The Morgan fingerprint density at radius 3 is 2.74 bits per heavy atom. The fourth-order valence-corrected chi connectivity index (χ4v) is 3.18. The summed E-state index contributed by atoms with van der Waals surface area (Å²) in [4.78, 5) is 24.7. The summed E-state index contributed by atoms with van der Waals surface area (Å²) in [6, 6.07) is 10.3. The molecule has 2 amide bonds. The molecule has 5 nitrogen and oxygen atoms in total. The van der Waals surface area contributed by atoms with Crippen molar-refractivity contribution in [3.63, 3.8) is 0 Å². The lowest BCUT2D eigenvalue weighted by atomic mass is 10.2. The summed E-state index contributed by atoms with van der Waals surface area (Å²) in [5.74, 6) is 0.239. The van der Waals surface area contributed by atoms with Crippen molar-refractivity contribution in [2.24, 2.45) is 0 Å². The van der Waals surface area contributed by atoms with Crippen molar-refractivity contribution >= 4 is 39.1 Å². The van der Waals surface area contributed by atoms with Gasteiger partial charge in [-0.2, -0.15) is 0 Å². The first-order valence-electron chi connectivity index (χ1n) is 6.96. The van der Waals surface area contributed by atoms with Gasteiger partial charge in [0.15, 0.2) is 0 Å².